The van der Waals surface area contributed by atoms with Crippen LogP contribution in [-0.4, -0.2) is 31.6 Å². The van der Waals surface area contributed by atoms with Crippen molar-refractivity contribution in [1.29, 1.82) is 0 Å². The van der Waals surface area contributed by atoms with Crippen LogP contribution in [0.15, 0.2) is 18.2 Å². The number of aryl methyl sites for hydroxylation is 1. The molecule has 1 aromatic carbocycles. The van der Waals surface area contributed by atoms with Crippen molar-refractivity contribution in [3.63, 3.8) is 0 Å². The number of nitrogens with one attached hydrogen (secondary N) is 1. The Hall–Kier alpha value is -1.22. The van der Waals surface area contributed by atoms with E-state index < -0.39 is 0 Å². The maximum atomic E-state index is 5.86. The molecule has 0 atom stereocenters. The van der Waals surface area contributed by atoms with Crippen LogP contribution in [0.25, 0.3) is 0 Å². The summed E-state index contributed by atoms with van der Waals surface area (Å²) in [5.41, 5.74) is 8.96. The van der Waals surface area contributed by atoms with Crippen LogP contribution in [0.2, 0.25) is 0 Å². The van der Waals surface area contributed by atoms with Gasteiger partial charge in [-0.15, -0.1) is 0 Å². The summed E-state index contributed by atoms with van der Waals surface area (Å²) in [5.74, 6) is 0. The zero-order chi connectivity index (χ0) is 11.3. The molecule has 0 spiro atoms. The van der Waals surface area contributed by atoms with Crippen LogP contribution in [0.4, 0.5) is 11.4 Å². The topological polar surface area (TPSA) is 41.3 Å². The fourth-order valence-electron chi connectivity index (χ4n) is 1.36. The van der Waals surface area contributed by atoms with Gasteiger partial charge in [0.05, 0.1) is 11.4 Å². The summed E-state index contributed by atoms with van der Waals surface area (Å²) in [6, 6.07) is 6.06. The van der Waals surface area contributed by atoms with E-state index in [1.165, 1.54) is 5.56 Å². The van der Waals surface area contributed by atoms with E-state index in [0.717, 1.165) is 31.0 Å². The molecule has 0 aliphatic heterocycles. The number of nitrogens with two attached hydrogens (primary N) is 1. The van der Waals surface area contributed by atoms with Gasteiger partial charge in [0, 0.05) is 13.1 Å². The Kier molecular flexibility index (Phi) is 4.43. The summed E-state index contributed by atoms with van der Waals surface area (Å²) < 4.78 is 0. The Labute approximate surface area is 92.3 Å². The number of anilines is 2. The third-order valence-corrected chi connectivity index (χ3v) is 2.56. The molecule has 0 amide bonds. The first-order valence-corrected chi connectivity index (χ1v) is 5.42. The Morgan fingerprint density at radius 3 is 2.80 bits per heavy atom. The SMILES string of the molecule is CCN(C)CCNc1cc(C)ccc1N. The van der Waals surface area contributed by atoms with Gasteiger partial charge in [-0.25, -0.2) is 0 Å². The Bertz CT molecular complexity index is 310. The van der Waals surface area contributed by atoms with Gasteiger partial charge in [-0.05, 0) is 38.2 Å². The summed E-state index contributed by atoms with van der Waals surface area (Å²) in [4.78, 5) is 2.26. The van der Waals surface area contributed by atoms with Crippen LogP contribution in [0.3, 0.4) is 0 Å². The first kappa shape index (κ1) is 11.9. The van der Waals surface area contributed by atoms with E-state index in [-0.39, 0.29) is 0 Å². The van der Waals surface area contributed by atoms with E-state index in [4.69, 9.17) is 5.73 Å². The number of likely N-dealkylation sites (N-methyl/N-ethyl adjacent to an activating group) is 1. The fourth-order valence-corrected chi connectivity index (χ4v) is 1.36. The number of nitrogen functional groups attached to an aromatic ring is 1. The lowest BCUT2D eigenvalue weighted by molar-refractivity contribution is 0.367. The van der Waals surface area contributed by atoms with Crippen LogP contribution in [-0.2, 0) is 0 Å². The molecule has 0 unspecified atom stereocenters. The minimum absolute atomic E-state index is 0.819. The van der Waals surface area contributed by atoms with Crippen molar-refractivity contribution in [3.8, 4) is 0 Å². The van der Waals surface area contributed by atoms with Gasteiger partial charge in [0.15, 0.2) is 0 Å². The largest absolute Gasteiger partial charge is 0.397 e. The second-order valence-corrected chi connectivity index (χ2v) is 3.91. The smallest absolute Gasteiger partial charge is 0.0577 e. The molecule has 1 aromatic rings. The van der Waals surface area contributed by atoms with E-state index in [1.807, 2.05) is 12.1 Å². The molecule has 0 aliphatic carbocycles. The minimum atomic E-state index is 0.819. The maximum absolute atomic E-state index is 5.86. The summed E-state index contributed by atoms with van der Waals surface area (Å²) in [6.45, 7) is 7.26. The fraction of sp³-hybridized carbons (Fsp3) is 0.500. The van der Waals surface area contributed by atoms with Crippen LogP contribution in [0.1, 0.15) is 12.5 Å². The Balaban J connectivity index is 2.46. The number of hydrogen-bond acceptors (Lipinski definition) is 3. The average Bonchev–Trinajstić information content (AvgIpc) is 2.23. The van der Waals surface area contributed by atoms with Crippen molar-refractivity contribution in [2.75, 3.05) is 37.7 Å². The molecule has 0 aromatic heterocycles. The maximum Gasteiger partial charge on any atom is 0.0577 e. The molecule has 0 fully saturated rings. The van der Waals surface area contributed by atoms with E-state index in [9.17, 15) is 0 Å². The zero-order valence-electron chi connectivity index (χ0n) is 9.88. The minimum Gasteiger partial charge on any atom is -0.397 e. The first-order valence-electron chi connectivity index (χ1n) is 5.42. The molecule has 0 heterocycles. The molecule has 3 N–H and O–H groups in total. The zero-order valence-corrected chi connectivity index (χ0v) is 9.88. The van der Waals surface area contributed by atoms with Gasteiger partial charge in [-0.1, -0.05) is 13.0 Å². The van der Waals surface area contributed by atoms with Gasteiger partial charge >= 0.3 is 0 Å². The summed E-state index contributed by atoms with van der Waals surface area (Å²) in [6.07, 6.45) is 0. The molecule has 0 saturated heterocycles. The molecule has 3 heteroatoms. The van der Waals surface area contributed by atoms with E-state index >= 15 is 0 Å². The quantitative estimate of drug-likeness (QED) is 0.725. The molecule has 84 valence electrons. The van der Waals surface area contributed by atoms with Gasteiger partial charge in [0.1, 0.15) is 0 Å². The second kappa shape index (κ2) is 5.61. The van der Waals surface area contributed by atoms with E-state index in [1.54, 1.807) is 0 Å². The third kappa shape index (κ3) is 3.80. The van der Waals surface area contributed by atoms with Crippen LogP contribution in [0, 0.1) is 6.92 Å². The normalized spacial score (nSPS) is 10.7. The van der Waals surface area contributed by atoms with Crippen molar-refractivity contribution in [3.05, 3.63) is 23.8 Å². The lowest BCUT2D eigenvalue weighted by Crippen LogP contribution is -2.24. The van der Waals surface area contributed by atoms with Gasteiger partial charge < -0.3 is 16.0 Å². The first-order chi connectivity index (χ1) is 7.13. The van der Waals surface area contributed by atoms with Crippen LogP contribution < -0.4 is 11.1 Å². The Morgan fingerprint density at radius 1 is 1.40 bits per heavy atom. The predicted molar refractivity (Wildman–Crippen MR) is 67.3 cm³/mol. The van der Waals surface area contributed by atoms with Crippen molar-refractivity contribution in [1.82, 2.24) is 4.90 Å². The average molecular weight is 207 g/mol. The van der Waals surface area contributed by atoms with Crippen molar-refractivity contribution < 1.29 is 0 Å². The van der Waals surface area contributed by atoms with Gasteiger partial charge in [0.25, 0.3) is 0 Å². The summed E-state index contributed by atoms with van der Waals surface area (Å²) in [5, 5.41) is 3.35. The standard InChI is InChI=1S/C12H21N3/c1-4-15(3)8-7-14-12-9-10(2)5-6-11(12)13/h5-6,9,14H,4,7-8,13H2,1-3H3. The van der Waals surface area contributed by atoms with Crippen molar-refractivity contribution in [2.45, 2.75) is 13.8 Å². The highest BCUT2D eigenvalue weighted by molar-refractivity contribution is 5.66. The van der Waals surface area contributed by atoms with Gasteiger partial charge in [-0.2, -0.15) is 0 Å². The molecule has 0 radical (unpaired) electrons. The second-order valence-electron chi connectivity index (χ2n) is 3.91. The van der Waals surface area contributed by atoms with Crippen molar-refractivity contribution in [2.24, 2.45) is 0 Å². The molecule has 0 bridgehead atoms. The monoisotopic (exact) mass is 207 g/mol. The summed E-state index contributed by atoms with van der Waals surface area (Å²) >= 11 is 0. The van der Waals surface area contributed by atoms with Gasteiger partial charge in [-0.3, -0.25) is 0 Å². The molecular weight excluding hydrogens is 186 g/mol. The molecule has 0 aliphatic rings. The molecule has 1 rings (SSSR count). The number of rotatable bonds is 5. The number of nitrogens with zero attached hydrogens (tertiary/aromatic N) is 1. The lowest BCUT2D eigenvalue weighted by Gasteiger charge is -2.15. The van der Waals surface area contributed by atoms with Gasteiger partial charge in [0.2, 0.25) is 0 Å². The highest BCUT2D eigenvalue weighted by atomic mass is 15.1. The van der Waals surface area contributed by atoms with Crippen LogP contribution in [0.5, 0.6) is 0 Å². The molecule has 3 nitrogen and oxygen atoms in total. The molecule has 0 saturated carbocycles. The molecular formula is C12H21N3. The number of hydrogen-bond donors (Lipinski definition) is 2. The van der Waals surface area contributed by atoms with E-state index in [0.29, 0.717) is 0 Å². The highest BCUT2D eigenvalue weighted by Gasteiger charge is 1.99. The van der Waals surface area contributed by atoms with Crippen LogP contribution >= 0.6 is 0 Å². The van der Waals surface area contributed by atoms with E-state index in [2.05, 4.69) is 37.2 Å². The predicted octanol–water partition coefficient (Wildman–Crippen LogP) is 1.94. The third-order valence-electron chi connectivity index (χ3n) is 2.56. The molecule has 15 heavy (non-hydrogen) atoms. The number of benzene rings is 1. The summed E-state index contributed by atoms with van der Waals surface area (Å²) in [7, 11) is 2.11. The van der Waals surface area contributed by atoms with Crippen molar-refractivity contribution >= 4 is 11.4 Å². The highest BCUT2D eigenvalue weighted by Crippen LogP contribution is 2.18. The lowest BCUT2D eigenvalue weighted by atomic mass is 10.2. The Morgan fingerprint density at radius 2 is 2.13 bits per heavy atom.